The molecule has 0 unspecified atom stereocenters. The van der Waals surface area contributed by atoms with Crippen LogP contribution in [0.15, 0.2) is 18.2 Å². The maximum Gasteiger partial charge on any atom is 0.317 e. The van der Waals surface area contributed by atoms with E-state index < -0.39 is 11.6 Å². The van der Waals surface area contributed by atoms with Gasteiger partial charge in [-0.15, -0.1) is 0 Å². The molecule has 20 heavy (non-hydrogen) atoms. The summed E-state index contributed by atoms with van der Waals surface area (Å²) < 4.78 is 26.4. The molecular weight excluding hydrogens is 262 g/mol. The first-order valence-corrected chi connectivity index (χ1v) is 6.93. The highest BCUT2D eigenvalue weighted by Crippen LogP contribution is 2.34. The Bertz CT molecular complexity index is 489. The average molecular weight is 282 g/mol. The smallest absolute Gasteiger partial charge is 0.317 e. The van der Waals surface area contributed by atoms with Crippen molar-refractivity contribution in [1.82, 2.24) is 10.2 Å². The molecule has 0 radical (unpaired) electrons. The zero-order valence-corrected chi connectivity index (χ0v) is 11.8. The maximum atomic E-state index is 13.4. The number of carbonyl (C=O) groups excluding carboxylic acids is 1. The minimum atomic E-state index is -0.466. The first-order valence-electron chi connectivity index (χ1n) is 6.93. The van der Waals surface area contributed by atoms with Crippen LogP contribution in [-0.4, -0.2) is 30.6 Å². The van der Waals surface area contributed by atoms with Crippen LogP contribution in [0.2, 0.25) is 0 Å². The highest BCUT2D eigenvalue weighted by molar-refractivity contribution is 5.74. The van der Waals surface area contributed by atoms with Gasteiger partial charge in [0.1, 0.15) is 11.6 Å². The summed E-state index contributed by atoms with van der Waals surface area (Å²) in [6.07, 6.45) is 2.63. The fraction of sp³-hybridized carbons (Fsp3) is 0.533. The lowest BCUT2D eigenvalue weighted by Gasteiger charge is -2.25. The molecule has 2 amide bonds. The lowest BCUT2D eigenvalue weighted by Crippen LogP contribution is -2.43. The molecule has 1 N–H and O–H groups in total. The van der Waals surface area contributed by atoms with Crippen molar-refractivity contribution >= 4 is 6.03 Å². The van der Waals surface area contributed by atoms with Gasteiger partial charge in [0.15, 0.2) is 0 Å². The fourth-order valence-corrected chi connectivity index (χ4v) is 2.24. The van der Waals surface area contributed by atoms with Crippen LogP contribution in [0, 0.1) is 17.6 Å². The Hall–Kier alpha value is -1.65. The Balaban J connectivity index is 1.80. The molecule has 1 fully saturated rings. The lowest BCUT2D eigenvalue weighted by molar-refractivity contribution is 0.188. The fourth-order valence-electron chi connectivity index (χ4n) is 2.24. The van der Waals surface area contributed by atoms with Crippen molar-refractivity contribution < 1.29 is 13.6 Å². The number of halogens is 2. The molecule has 1 aromatic carbocycles. The second-order valence-electron chi connectivity index (χ2n) is 5.41. The summed E-state index contributed by atoms with van der Waals surface area (Å²) in [6.45, 7) is 2.32. The number of hydrogen-bond donors (Lipinski definition) is 1. The van der Waals surface area contributed by atoms with E-state index in [-0.39, 0.29) is 24.1 Å². The molecule has 1 saturated carbocycles. The van der Waals surface area contributed by atoms with E-state index in [1.54, 1.807) is 11.9 Å². The maximum absolute atomic E-state index is 13.4. The molecule has 1 aromatic rings. The van der Waals surface area contributed by atoms with Crippen LogP contribution in [0.3, 0.4) is 0 Å². The van der Waals surface area contributed by atoms with Gasteiger partial charge in [0.25, 0.3) is 0 Å². The van der Waals surface area contributed by atoms with E-state index in [4.69, 9.17) is 0 Å². The molecule has 0 spiro atoms. The van der Waals surface area contributed by atoms with Gasteiger partial charge in [0.05, 0.1) is 0 Å². The van der Waals surface area contributed by atoms with Gasteiger partial charge in [-0.3, -0.25) is 0 Å². The predicted molar refractivity (Wildman–Crippen MR) is 73.4 cm³/mol. The van der Waals surface area contributed by atoms with Crippen molar-refractivity contribution in [1.29, 1.82) is 0 Å². The van der Waals surface area contributed by atoms with Gasteiger partial charge >= 0.3 is 6.03 Å². The molecule has 0 aliphatic heterocycles. The molecule has 3 nitrogen and oxygen atoms in total. The van der Waals surface area contributed by atoms with Gasteiger partial charge in [-0.2, -0.15) is 0 Å². The normalized spacial score (nSPS) is 15.8. The second-order valence-corrected chi connectivity index (χ2v) is 5.41. The molecule has 0 aromatic heterocycles. The van der Waals surface area contributed by atoms with Gasteiger partial charge in [-0.1, -0.05) is 0 Å². The van der Waals surface area contributed by atoms with Crippen molar-refractivity contribution in [2.24, 2.45) is 5.92 Å². The second kappa shape index (κ2) is 6.20. The van der Waals surface area contributed by atoms with E-state index in [1.165, 1.54) is 12.8 Å². The summed E-state index contributed by atoms with van der Waals surface area (Å²) in [7, 11) is 1.76. The number of urea groups is 1. The summed E-state index contributed by atoms with van der Waals surface area (Å²) in [5.41, 5.74) is 0.281. The summed E-state index contributed by atoms with van der Waals surface area (Å²) >= 11 is 0. The molecule has 2 rings (SSSR count). The van der Waals surface area contributed by atoms with Gasteiger partial charge < -0.3 is 10.2 Å². The van der Waals surface area contributed by atoms with Crippen LogP contribution in [0.5, 0.6) is 0 Å². The van der Waals surface area contributed by atoms with Crippen molar-refractivity contribution in [2.45, 2.75) is 32.2 Å². The number of hydrogen-bond acceptors (Lipinski definition) is 1. The minimum Gasteiger partial charge on any atom is -0.338 e. The van der Waals surface area contributed by atoms with Crippen molar-refractivity contribution in [3.8, 4) is 0 Å². The summed E-state index contributed by atoms with van der Waals surface area (Å²) in [6, 6.07) is 3.41. The number of rotatable bonds is 5. The Labute approximate surface area is 118 Å². The molecule has 110 valence electrons. The van der Waals surface area contributed by atoms with E-state index in [2.05, 4.69) is 5.32 Å². The Kier molecular flexibility index (Phi) is 4.57. The Morgan fingerprint density at radius 2 is 2.15 bits per heavy atom. The van der Waals surface area contributed by atoms with Crippen LogP contribution in [-0.2, 0) is 6.42 Å². The number of nitrogens with zero attached hydrogens (tertiary/aromatic N) is 1. The number of carbonyl (C=O) groups is 1. The standard InChI is InChI=1S/C15H20F2N2O/c1-10(11-3-4-11)19(2)15(20)18-8-7-12-9-13(16)5-6-14(12)17/h5-6,9-11H,3-4,7-8H2,1-2H3,(H,18,20)/t10-/m1/s1. The summed E-state index contributed by atoms with van der Waals surface area (Å²) in [4.78, 5) is 13.6. The summed E-state index contributed by atoms with van der Waals surface area (Å²) in [5.74, 6) is -0.307. The van der Waals surface area contributed by atoms with Gasteiger partial charge in [0.2, 0.25) is 0 Å². The Morgan fingerprint density at radius 3 is 2.80 bits per heavy atom. The molecule has 0 bridgehead atoms. The predicted octanol–water partition coefficient (Wildman–Crippen LogP) is 2.95. The third-order valence-electron chi connectivity index (χ3n) is 3.91. The molecule has 1 aliphatic carbocycles. The zero-order chi connectivity index (χ0) is 14.7. The van der Waals surface area contributed by atoms with E-state index in [0.29, 0.717) is 12.5 Å². The van der Waals surface area contributed by atoms with Gasteiger partial charge in [-0.25, -0.2) is 13.6 Å². The first-order chi connectivity index (χ1) is 9.49. The number of benzene rings is 1. The highest BCUT2D eigenvalue weighted by atomic mass is 19.1. The van der Waals surface area contributed by atoms with Gasteiger partial charge in [0, 0.05) is 19.6 Å². The van der Waals surface area contributed by atoms with E-state index in [0.717, 1.165) is 18.2 Å². The largest absolute Gasteiger partial charge is 0.338 e. The number of amides is 2. The molecule has 1 aliphatic rings. The van der Waals surface area contributed by atoms with Crippen molar-refractivity contribution in [2.75, 3.05) is 13.6 Å². The van der Waals surface area contributed by atoms with E-state index >= 15 is 0 Å². The van der Waals surface area contributed by atoms with E-state index in [1.807, 2.05) is 6.92 Å². The third-order valence-corrected chi connectivity index (χ3v) is 3.91. The quantitative estimate of drug-likeness (QED) is 0.884. The Morgan fingerprint density at radius 1 is 1.45 bits per heavy atom. The lowest BCUT2D eigenvalue weighted by atomic mass is 10.1. The topological polar surface area (TPSA) is 32.3 Å². The monoisotopic (exact) mass is 282 g/mol. The minimum absolute atomic E-state index is 0.166. The molecule has 0 saturated heterocycles. The van der Waals surface area contributed by atoms with Crippen molar-refractivity contribution in [3.63, 3.8) is 0 Å². The molecular formula is C15H20F2N2O. The number of nitrogens with one attached hydrogen (secondary N) is 1. The van der Waals surface area contributed by atoms with Crippen LogP contribution in [0.25, 0.3) is 0 Å². The highest BCUT2D eigenvalue weighted by Gasteiger charge is 2.32. The van der Waals surface area contributed by atoms with Crippen LogP contribution in [0.4, 0.5) is 13.6 Å². The van der Waals surface area contributed by atoms with Crippen LogP contribution in [0.1, 0.15) is 25.3 Å². The molecule has 5 heteroatoms. The third kappa shape index (κ3) is 3.68. The zero-order valence-electron chi connectivity index (χ0n) is 11.8. The average Bonchev–Trinajstić information content (AvgIpc) is 3.25. The SMILES string of the molecule is C[C@H](C1CC1)N(C)C(=O)NCCc1cc(F)ccc1F. The van der Waals surface area contributed by atoms with E-state index in [9.17, 15) is 13.6 Å². The summed E-state index contributed by atoms with van der Waals surface area (Å²) in [5, 5.41) is 2.74. The molecule has 1 atom stereocenters. The van der Waals surface area contributed by atoms with Gasteiger partial charge in [-0.05, 0) is 55.9 Å². The van der Waals surface area contributed by atoms with Crippen LogP contribution >= 0.6 is 0 Å². The van der Waals surface area contributed by atoms with Crippen molar-refractivity contribution in [3.05, 3.63) is 35.4 Å². The molecule has 0 heterocycles. The van der Waals surface area contributed by atoms with Crippen LogP contribution < -0.4 is 5.32 Å². The first kappa shape index (κ1) is 14.8.